The molecule has 1 aliphatic rings. The highest BCUT2D eigenvalue weighted by Crippen LogP contribution is 2.24. The highest BCUT2D eigenvalue weighted by molar-refractivity contribution is 5.27. The minimum Gasteiger partial charge on any atom is -0.497 e. The molecule has 2 nitrogen and oxygen atoms in total. The minimum atomic E-state index is 0.389. The number of aryl methyl sites for hydroxylation is 1. The molecule has 0 spiro atoms. The number of methoxy groups -OCH3 is 1. The zero-order valence-corrected chi connectivity index (χ0v) is 9.55. The van der Waals surface area contributed by atoms with E-state index < -0.39 is 0 Å². The zero-order chi connectivity index (χ0) is 10.7. The molecule has 1 saturated heterocycles. The second-order valence-corrected chi connectivity index (χ2v) is 4.59. The normalized spacial score (nSPS) is 24.7. The molecule has 1 fully saturated rings. The molecular formula is C13H19NO. The van der Waals surface area contributed by atoms with Crippen LogP contribution in [0.3, 0.4) is 0 Å². The van der Waals surface area contributed by atoms with E-state index in [1.807, 2.05) is 12.1 Å². The maximum atomic E-state index is 5.13. The van der Waals surface area contributed by atoms with Crippen molar-refractivity contribution in [3.8, 4) is 5.75 Å². The molecule has 1 N–H and O–H groups in total. The Bertz CT molecular complexity index is 314. The van der Waals surface area contributed by atoms with E-state index in [-0.39, 0.29) is 0 Å². The third kappa shape index (κ3) is 2.51. The first kappa shape index (κ1) is 10.5. The maximum Gasteiger partial charge on any atom is 0.118 e. The number of ether oxygens (including phenoxy) is 1. The molecule has 0 bridgehead atoms. The van der Waals surface area contributed by atoms with E-state index in [0.29, 0.717) is 5.54 Å². The molecule has 15 heavy (non-hydrogen) atoms. The Morgan fingerprint density at radius 1 is 1.33 bits per heavy atom. The third-order valence-electron chi connectivity index (χ3n) is 3.35. The standard InChI is InChI=1S/C13H19NO/c1-13(9-10-14-13)8-7-11-3-5-12(15-2)6-4-11/h3-6,14H,7-10H2,1-2H3. The first-order valence-corrected chi connectivity index (χ1v) is 5.60. The van der Waals surface area contributed by atoms with Gasteiger partial charge in [-0.15, -0.1) is 0 Å². The predicted molar refractivity (Wildman–Crippen MR) is 62.3 cm³/mol. The maximum absolute atomic E-state index is 5.13. The summed E-state index contributed by atoms with van der Waals surface area (Å²) >= 11 is 0. The van der Waals surface area contributed by atoms with Crippen LogP contribution in [-0.4, -0.2) is 19.2 Å². The summed E-state index contributed by atoms with van der Waals surface area (Å²) in [4.78, 5) is 0. The summed E-state index contributed by atoms with van der Waals surface area (Å²) in [7, 11) is 1.70. The summed E-state index contributed by atoms with van der Waals surface area (Å²) in [5, 5.41) is 3.49. The number of hydrogen-bond acceptors (Lipinski definition) is 2. The Hall–Kier alpha value is -1.02. The molecule has 1 unspecified atom stereocenters. The molecule has 1 aromatic carbocycles. The van der Waals surface area contributed by atoms with Crippen molar-refractivity contribution in [2.75, 3.05) is 13.7 Å². The molecule has 0 aromatic heterocycles. The van der Waals surface area contributed by atoms with E-state index >= 15 is 0 Å². The Morgan fingerprint density at radius 2 is 2.00 bits per heavy atom. The number of rotatable bonds is 4. The van der Waals surface area contributed by atoms with Crippen LogP contribution in [0.25, 0.3) is 0 Å². The van der Waals surface area contributed by atoms with Gasteiger partial charge in [0, 0.05) is 5.54 Å². The van der Waals surface area contributed by atoms with Crippen LogP contribution in [0, 0.1) is 0 Å². The van der Waals surface area contributed by atoms with Gasteiger partial charge in [-0.25, -0.2) is 0 Å². The first-order valence-electron chi connectivity index (χ1n) is 5.60. The van der Waals surface area contributed by atoms with Crippen molar-refractivity contribution in [3.63, 3.8) is 0 Å². The van der Waals surface area contributed by atoms with Gasteiger partial charge in [-0.05, 0) is 50.4 Å². The van der Waals surface area contributed by atoms with E-state index in [1.54, 1.807) is 7.11 Å². The lowest BCUT2D eigenvalue weighted by Gasteiger charge is -2.40. The van der Waals surface area contributed by atoms with Crippen molar-refractivity contribution >= 4 is 0 Å². The fraction of sp³-hybridized carbons (Fsp3) is 0.538. The molecule has 1 heterocycles. The molecule has 0 amide bonds. The van der Waals surface area contributed by atoms with E-state index in [4.69, 9.17) is 4.74 Å². The van der Waals surface area contributed by atoms with Crippen molar-refractivity contribution in [1.82, 2.24) is 5.32 Å². The van der Waals surface area contributed by atoms with E-state index in [0.717, 1.165) is 12.2 Å². The molecule has 2 heteroatoms. The van der Waals surface area contributed by atoms with Gasteiger partial charge in [-0.1, -0.05) is 12.1 Å². The predicted octanol–water partition coefficient (Wildman–Crippen LogP) is 2.38. The second-order valence-electron chi connectivity index (χ2n) is 4.59. The van der Waals surface area contributed by atoms with Crippen molar-refractivity contribution in [2.24, 2.45) is 0 Å². The fourth-order valence-corrected chi connectivity index (χ4v) is 1.98. The van der Waals surface area contributed by atoms with Crippen LogP contribution in [0.2, 0.25) is 0 Å². The Kier molecular flexibility index (Phi) is 2.96. The molecule has 82 valence electrons. The van der Waals surface area contributed by atoms with E-state index in [2.05, 4.69) is 24.4 Å². The average molecular weight is 205 g/mol. The van der Waals surface area contributed by atoms with Crippen LogP contribution in [0.5, 0.6) is 5.75 Å². The highest BCUT2D eigenvalue weighted by atomic mass is 16.5. The smallest absolute Gasteiger partial charge is 0.118 e. The number of hydrogen-bond donors (Lipinski definition) is 1. The van der Waals surface area contributed by atoms with Gasteiger partial charge < -0.3 is 10.1 Å². The van der Waals surface area contributed by atoms with Crippen LogP contribution >= 0.6 is 0 Å². The van der Waals surface area contributed by atoms with Gasteiger partial charge >= 0.3 is 0 Å². The van der Waals surface area contributed by atoms with Gasteiger partial charge in [-0.3, -0.25) is 0 Å². The van der Waals surface area contributed by atoms with Gasteiger partial charge in [-0.2, -0.15) is 0 Å². The molecule has 0 saturated carbocycles. The van der Waals surface area contributed by atoms with Gasteiger partial charge in [0.15, 0.2) is 0 Å². The Morgan fingerprint density at radius 3 is 2.47 bits per heavy atom. The van der Waals surface area contributed by atoms with Gasteiger partial charge in [0.1, 0.15) is 5.75 Å². The number of nitrogens with one attached hydrogen (secondary N) is 1. The van der Waals surface area contributed by atoms with E-state index in [9.17, 15) is 0 Å². The summed E-state index contributed by atoms with van der Waals surface area (Å²) in [5.41, 5.74) is 1.78. The molecule has 1 aromatic rings. The van der Waals surface area contributed by atoms with Crippen molar-refractivity contribution < 1.29 is 4.74 Å². The Labute approximate surface area is 91.6 Å². The largest absolute Gasteiger partial charge is 0.497 e. The van der Waals surface area contributed by atoms with Crippen LogP contribution in [0.15, 0.2) is 24.3 Å². The molecule has 2 rings (SSSR count). The average Bonchev–Trinajstić information content (AvgIpc) is 2.24. The summed E-state index contributed by atoms with van der Waals surface area (Å²) in [6.45, 7) is 3.49. The first-order chi connectivity index (χ1) is 7.22. The van der Waals surface area contributed by atoms with Crippen LogP contribution in [-0.2, 0) is 6.42 Å². The summed E-state index contributed by atoms with van der Waals surface area (Å²) in [6.07, 6.45) is 3.68. The number of benzene rings is 1. The van der Waals surface area contributed by atoms with Gasteiger partial charge in [0.2, 0.25) is 0 Å². The lowest BCUT2D eigenvalue weighted by Crippen LogP contribution is -2.54. The fourth-order valence-electron chi connectivity index (χ4n) is 1.98. The highest BCUT2D eigenvalue weighted by Gasteiger charge is 2.29. The van der Waals surface area contributed by atoms with Crippen molar-refractivity contribution in [3.05, 3.63) is 29.8 Å². The van der Waals surface area contributed by atoms with Crippen LogP contribution in [0.4, 0.5) is 0 Å². The topological polar surface area (TPSA) is 21.3 Å². The lowest BCUT2D eigenvalue weighted by atomic mass is 9.84. The lowest BCUT2D eigenvalue weighted by molar-refractivity contribution is 0.217. The van der Waals surface area contributed by atoms with Crippen LogP contribution < -0.4 is 10.1 Å². The minimum absolute atomic E-state index is 0.389. The van der Waals surface area contributed by atoms with Crippen LogP contribution in [0.1, 0.15) is 25.3 Å². The summed E-state index contributed by atoms with van der Waals surface area (Å²) < 4.78 is 5.13. The Balaban J connectivity index is 1.87. The van der Waals surface area contributed by atoms with E-state index in [1.165, 1.54) is 24.9 Å². The molecule has 0 radical (unpaired) electrons. The molecule has 1 aliphatic heterocycles. The SMILES string of the molecule is COc1ccc(CCC2(C)CCN2)cc1. The second kappa shape index (κ2) is 4.23. The van der Waals surface area contributed by atoms with Crippen molar-refractivity contribution in [2.45, 2.75) is 31.7 Å². The summed E-state index contributed by atoms with van der Waals surface area (Å²) in [6, 6.07) is 8.37. The monoisotopic (exact) mass is 205 g/mol. The molecular weight excluding hydrogens is 186 g/mol. The third-order valence-corrected chi connectivity index (χ3v) is 3.35. The molecule has 1 atom stereocenters. The van der Waals surface area contributed by atoms with Crippen molar-refractivity contribution in [1.29, 1.82) is 0 Å². The zero-order valence-electron chi connectivity index (χ0n) is 9.55. The quantitative estimate of drug-likeness (QED) is 0.815. The van der Waals surface area contributed by atoms with Gasteiger partial charge in [0.25, 0.3) is 0 Å². The summed E-state index contributed by atoms with van der Waals surface area (Å²) in [5.74, 6) is 0.937. The van der Waals surface area contributed by atoms with Gasteiger partial charge in [0.05, 0.1) is 7.11 Å². The molecule has 0 aliphatic carbocycles.